The van der Waals surface area contributed by atoms with E-state index < -0.39 is 0 Å². The van der Waals surface area contributed by atoms with Gasteiger partial charge in [0, 0.05) is 30.9 Å². The molecule has 0 amide bonds. The molecule has 1 rings (SSSR count). The highest BCUT2D eigenvalue weighted by Gasteiger charge is 2.10. The van der Waals surface area contributed by atoms with Crippen molar-refractivity contribution in [2.45, 2.75) is 26.8 Å². The number of halogens is 1. The van der Waals surface area contributed by atoms with Crippen LogP contribution in [0.25, 0.3) is 0 Å². The smallest absolute Gasteiger partial charge is 0.140 e. The van der Waals surface area contributed by atoms with Gasteiger partial charge in [-0.25, -0.2) is 0 Å². The van der Waals surface area contributed by atoms with E-state index in [9.17, 15) is 0 Å². The van der Waals surface area contributed by atoms with Gasteiger partial charge in [-0.2, -0.15) is 0 Å². The average Bonchev–Trinajstić information content (AvgIpc) is 2.70. The van der Waals surface area contributed by atoms with Crippen LogP contribution in [-0.4, -0.2) is 29.0 Å². The third-order valence-electron chi connectivity index (χ3n) is 2.44. The minimum absolute atomic E-state index is 0.271. The summed E-state index contributed by atoms with van der Waals surface area (Å²) in [5.74, 6) is 0.848. The Balaban J connectivity index is 2.55. The SMILES string of the molecule is CC(C)CN(CCC(N)=NO)Cc1ccc(Cl)s1. The van der Waals surface area contributed by atoms with Crippen LogP contribution < -0.4 is 5.73 Å². The number of nitrogens with two attached hydrogens (primary N) is 1. The molecule has 0 bridgehead atoms. The van der Waals surface area contributed by atoms with Crippen LogP contribution in [0.4, 0.5) is 0 Å². The van der Waals surface area contributed by atoms with Crippen LogP contribution in [0, 0.1) is 5.92 Å². The van der Waals surface area contributed by atoms with Crippen LogP contribution in [0.3, 0.4) is 0 Å². The van der Waals surface area contributed by atoms with Crippen molar-refractivity contribution < 1.29 is 5.21 Å². The molecular formula is C12H20ClN3OS. The fourth-order valence-electron chi connectivity index (χ4n) is 1.73. The van der Waals surface area contributed by atoms with Gasteiger partial charge in [0.2, 0.25) is 0 Å². The number of thiophene rings is 1. The molecule has 0 saturated heterocycles. The maximum atomic E-state index is 8.55. The first-order chi connectivity index (χ1) is 8.51. The summed E-state index contributed by atoms with van der Waals surface area (Å²) in [5, 5.41) is 11.6. The lowest BCUT2D eigenvalue weighted by atomic mass is 10.2. The van der Waals surface area contributed by atoms with E-state index in [0.29, 0.717) is 12.3 Å². The molecule has 1 aromatic rings. The zero-order valence-corrected chi connectivity index (χ0v) is 12.3. The molecule has 0 radical (unpaired) electrons. The minimum Gasteiger partial charge on any atom is -0.409 e. The lowest BCUT2D eigenvalue weighted by Gasteiger charge is -2.23. The van der Waals surface area contributed by atoms with E-state index in [-0.39, 0.29) is 5.84 Å². The predicted molar refractivity (Wildman–Crippen MR) is 77.5 cm³/mol. The molecule has 3 N–H and O–H groups in total. The second kappa shape index (κ2) is 7.61. The van der Waals surface area contributed by atoms with Gasteiger partial charge in [-0.15, -0.1) is 11.3 Å². The number of oxime groups is 1. The topological polar surface area (TPSA) is 61.8 Å². The summed E-state index contributed by atoms with van der Waals surface area (Å²) >= 11 is 7.52. The molecule has 0 aromatic carbocycles. The normalized spacial score (nSPS) is 12.6. The summed E-state index contributed by atoms with van der Waals surface area (Å²) in [6, 6.07) is 3.96. The summed E-state index contributed by atoms with van der Waals surface area (Å²) < 4.78 is 0.811. The van der Waals surface area contributed by atoms with Crippen molar-refractivity contribution in [3.63, 3.8) is 0 Å². The van der Waals surface area contributed by atoms with Crippen molar-refractivity contribution in [2.24, 2.45) is 16.8 Å². The van der Waals surface area contributed by atoms with E-state index in [1.54, 1.807) is 11.3 Å². The van der Waals surface area contributed by atoms with Crippen molar-refractivity contribution in [2.75, 3.05) is 13.1 Å². The van der Waals surface area contributed by atoms with Gasteiger partial charge in [-0.05, 0) is 18.1 Å². The van der Waals surface area contributed by atoms with E-state index in [0.717, 1.165) is 24.0 Å². The lowest BCUT2D eigenvalue weighted by molar-refractivity contribution is 0.242. The summed E-state index contributed by atoms with van der Waals surface area (Å²) in [6.07, 6.45) is 0.572. The molecule has 0 spiro atoms. The largest absolute Gasteiger partial charge is 0.409 e. The molecule has 0 aliphatic heterocycles. The molecule has 4 nitrogen and oxygen atoms in total. The number of nitrogens with zero attached hydrogens (tertiary/aromatic N) is 2. The van der Waals surface area contributed by atoms with Gasteiger partial charge in [-0.1, -0.05) is 30.6 Å². The van der Waals surface area contributed by atoms with Crippen LogP contribution in [0.1, 0.15) is 25.1 Å². The number of hydrogen-bond acceptors (Lipinski definition) is 4. The first kappa shape index (κ1) is 15.3. The van der Waals surface area contributed by atoms with Crippen molar-refractivity contribution >= 4 is 28.8 Å². The van der Waals surface area contributed by atoms with Gasteiger partial charge >= 0.3 is 0 Å². The molecule has 1 heterocycles. The van der Waals surface area contributed by atoms with Gasteiger partial charge in [0.15, 0.2) is 0 Å². The zero-order valence-electron chi connectivity index (χ0n) is 10.8. The molecule has 102 valence electrons. The van der Waals surface area contributed by atoms with Gasteiger partial charge in [0.05, 0.1) is 4.34 Å². The van der Waals surface area contributed by atoms with Crippen LogP contribution in [0.15, 0.2) is 17.3 Å². The van der Waals surface area contributed by atoms with Gasteiger partial charge in [0.25, 0.3) is 0 Å². The molecule has 0 fully saturated rings. The number of rotatable bonds is 7. The van der Waals surface area contributed by atoms with Crippen LogP contribution in [0.2, 0.25) is 4.34 Å². The zero-order chi connectivity index (χ0) is 13.5. The Morgan fingerprint density at radius 3 is 2.78 bits per heavy atom. The van der Waals surface area contributed by atoms with Crippen molar-refractivity contribution in [3.8, 4) is 0 Å². The first-order valence-corrected chi connectivity index (χ1v) is 7.13. The van der Waals surface area contributed by atoms with E-state index >= 15 is 0 Å². The second-order valence-corrected chi connectivity index (χ2v) is 6.48. The summed E-state index contributed by atoms with van der Waals surface area (Å²) in [4.78, 5) is 3.53. The molecule has 0 aliphatic rings. The minimum atomic E-state index is 0.271. The Labute approximate surface area is 117 Å². The number of amidine groups is 1. The molecule has 0 saturated carbocycles. The van der Waals surface area contributed by atoms with E-state index in [1.807, 2.05) is 12.1 Å². The molecule has 0 unspecified atom stereocenters. The molecule has 0 atom stereocenters. The molecule has 6 heteroatoms. The highest BCUT2D eigenvalue weighted by atomic mass is 35.5. The lowest BCUT2D eigenvalue weighted by Crippen LogP contribution is -2.30. The molecular weight excluding hydrogens is 270 g/mol. The van der Waals surface area contributed by atoms with E-state index in [1.165, 1.54) is 4.88 Å². The van der Waals surface area contributed by atoms with Crippen LogP contribution >= 0.6 is 22.9 Å². The second-order valence-electron chi connectivity index (χ2n) is 4.68. The Hall–Kier alpha value is -0.780. The van der Waals surface area contributed by atoms with Crippen molar-refractivity contribution in [1.29, 1.82) is 0 Å². The monoisotopic (exact) mass is 289 g/mol. The fourth-order valence-corrected chi connectivity index (χ4v) is 2.86. The Kier molecular flexibility index (Phi) is 6.46. The average molecular weight is 290 g/mol. The maximum absolute atomic E-state index is 8.55. The molecule has 1 aromatic heterocycles. The molecule has 18 heavy (non-hydrogen) atoms. The highest BCUT2D eigenvalue weighted by Crippen LogP contribution is 2.23. The van der Waals surface area contributed by atoms with Crippen LogP contribution in [-0.2, 0) is 6.54 Å². The standard InChI is InChI=1S/C12H20ClN3OS/c1-9(2)7-16(6-5-12(14)15-17)8-10-3-4-11(13)18-10/h3-4,9,17H,5-8H2,1-2H3,(H2,14,15). The van der Waals surface area contributed by atoms with Crippen molar-refractivity contribution in [1.82, 2.24) is 4.90 Å². The van der Waals surface area contributed by atoms with E-state index in [2.05, 4.69) is 23.9 Å². The fraction of sp³-hybridized carbons (Fsp3) is 0.583. The van der Waals surface area contributed by atoms with E-state index in [4.69, 9.17) is 22.5 Å². The van der Waals surface area contributed by atoms with Gasteiger partial charge in [-0.3, -0.25) is 4.90 Å². The van der Waals surface area contributed by atoms with Crippen LogP contribution in [0.5, 0.6) is 0 Å². The van der Waals surface area contributed by atoms with Gasteiger partial charge in [0.1, 0.15) is 5.84 Å². The summed E-state index contributed by atoms with van der Waals surface area (Å²) in [5.41, 5.74) is 5.50. The quantitative estimate of drug-likeness (QED) is 0.351. The Morgan fingerprint density at radius 2 is 2.28 bits per heavy atom. The third-order valence-corrected chi connectivity index (χ3v) is 3.66. The summed E-state index contributed by atoms with van der Waals surface area (Å²) in [7, 11) is 0. The Morgan fingerprint density at radius 1 is 1.56 bits per heavy atom. The summed E-state index contributed by atoms with van der Waals surface area (Å²) in [6.45, 7) is 6.97. The molecule has 0 aliphatic carbocycles. The highest BCUT2D eigenvalue weighted by molar-refractivity contribution is 7.16. The third kappa shape index (κ3) is 5.71. The number of hydrogen-bond donors (Lipinski definition) is 2. The van der Waals surface area contributed by atoms with Gasteiger partial charge < -0.3 is 10.9 Å². The Bertz CT molecular complexity index is 392. The van der Waals surface area contributed by atoms with Crippen molar-refractivity contribution in [3.05, 3.63) is 21.3 Å². The first-order valence-electron chi connectivity index (χ1n) is 5.94. The maximum Gasteiger partial charge on any atom is 0.140 e. The predicted octanol–water partition coefficient (Wildman–Crippen LogP) is 3.00.